The Morgan fingerprint density at radius 3 is 2.95 bits per heavy atom. The van der Waals surface area contributed by atoms with Gasteiger partial charge >= 0.3 is 0 Å². The molecular formula is C13H21N3O3. The van der Waals surface area contributed by atoms with Gasteiger partial charge in [0.1, 0.15) is 11.8 Å². The summed E-state index contributed by atoms with van der Waals surface area (Å²) in [6.07, 6.45) is 0.641. The first-order valence-corrected chi connectivity index (χ1v) is 6.64. The molecule has 106 valence electrons. The number of rotatable bonds is 4. The van der Waals surface area contributed by atoms with Crippen molar-refractivity contribution in [3.05, 3.63) is 17.0 Å². The van der Waals surface area contributed by atoms with Crippen LogP contribution in [0.4, 0.5) is 0 Å². The molecule has 0 saturated carbocycles. The Hall–Kier alpha value is -1.40. The van der Waals surface area contributed by atoms with E-state index in [1.165, 1.54) is 0 Å². The van der Waals surface area contributed by atoms with Gasteiger partial charge in [-0.2, -0.15) is 0 Å². The summed E-state index contributed by atoms with van der Waals surface area (Å²) >= 11 is 0. The standard InChI is InChI=1S/C13H21N3O3/c1-8-11(9(2)19-16-8)4-5-15-13(17)12-10(3)18-7-6-14-12/h10,12,14H,4-7H2,1-3H3,(H,15,17)/t10-,12+/m1/s1. The van der Waals surface area contributed by atoms with Crippen molar-refractivity contribution in [2.75, 3.05) is 19.7 Å². The third-order valence-corrected chi connectivity index (χ3v) is 3.45. The van der Waals surface area contributed by atoms with E-state index >= 15 is 0 Å². The Morgan fingerprint density at radius 2 is 2.32 bits per heavy atom. The molecule has 2 heterocycles. The maximum atomic E-state index is 12.0. The Balaban J connectivity index is 1.81. The van der Waals surface area contributed by atoms with E-state index < -0.39 is 0 Å². The van der Waals surface area contributed by atoms with Crippen molar-refractivity contribution in [1.82, 2.24) is 15.8 Å². The summed E-state index contributed by atoms with van der Waals surface area (Å²) in [5, 5.41) is 9.99. The third kappa shape index (κ3) is 3.33. The normalized spacial score (nSPS) is 23.3. The molecule has 1 saturated heterocycles. The van der Waals surface area contributed by atoms with E-state index in [0.29, 0.717) is 19.7 Å². The van der Waals surface area contributed by atoms with Crippen LogP contribution < -0.4 is 10.6 Å². The fourth-order valence-corrected chi connectivity index (χ4v) is 2.31. The minimum Gasteiger partial charge on any atom is -0.375 e. The summed E-state index contributed by atoms with van der Waals surface area (Å²) in [5.74, 6) is 0.804. The van der Waals surface area contributed by atoms with Crippen LogP contribution in [0.5, 0.6) is 0 Å². The molecule has 1 fully saturated rings. The van der Waals surface area contributed by atoms with E-state index in [2.05, 4.69) is 15.8 Å². The molecule has 0 aliphatic carbocycles. The molecule has 6 heteroatoms. The first kappa shape index (κ1) is 14.0. The number of morpholine rings is 1. The van der Waals surface area contributed by atoms with Gasteiger partial charge in [-0.25, -0.2) is 0 Å². The van der Waals surface area contributed by atoms with Gasteiger partial charge in [-0.1, -0.05) is 5.16 Å². The molecular weight excluding hydrogens is 246 g/mol. The van der Waals surface area contributed by atoms with Crippen molar-refractivity contribution in [3.8, 4) is 0 Å². The van der Waals surface area contributed by atoms with Crippen molar-refractivity contribution in [2.45, 2.75) is 39.3 Å². The number of nitrogens with one attached hydrogen (secondary N) is 2. The fraction of sp³-hybridized carbons (Fsp3) is 0.692. The van der Waals surface area contributed by atoms with Gasteiger partial charge in [-0.15, -0.1) is 0 Å². The largest absolute Gasteiger partial charge is 0.375 e. The highest BCUT2D eigenvalue weighted by molar-refractivity contribution is 5.82. The van der Waals surface area contributed by atoms with Crippen LogP contribution in [0.25, 0.3) is 0 Å². The number of ether oxygens (including phenoxy) is 1. The number of carbonyl (C=O) groups excluding carboxylic acids is 1. The zero-order valence-corrected chi connectivity index (χ0v) is 11.7. The number of aromatic nitrogens is 1. The lowest BCUT2D eigenvalue weighted by molar-refractivity contribution is -0.128. The van der Waals surface area contributed by atoms with E-state index in [1.54, 1.807) is 0 Å². The van der Waals surface area contributed by atoms with Gasteiger partial charge in [0.05, 0.1) is 18.4 Å². The summed E-state index contributed by atoms with van der Waals surface area (Å²) in [4.78, 5) is 12.0. The quantitative estimate of drug-likeness (QED) is 0.822. The van der Waals surface area contributed by atoms with Crippen molar-refractivity contribution in [3.63, 3.8) is 0 Å². The van der Waals surface area contributed by atoms with Gasteiger partial charge in [-0.05, 0) is 27.2 Å². The van der Waals surface area contributed by atoms with Crippen molar-refractivity contribution >= 4 is 5.91 Å². The maximum Gasteiger partial charge on any atom is 0.239 e. The Kier molecular flexibility index (Phi) is 4.55. The highest BCUT2D eigenvalue weighted by Gasteiger charge is 2.27. The summed E-state index contributed by atoms with van der Waals surface area (Å²) in [6, 6.07) is -0.265. The van der Waals surface area contributed by atoms with Gasteiger partial charge in [0.25, 0.3) is 0 Å². The predicted molar refractivity (Wildman–Crippen MR) is 69.9 cm³/mol. The van der Waals surface area contributed by atoms with Crippen LogP contribution in [0.2, 0.25) is 0 Å². The highest BCUT2D eigenvalue weighted by Crippen LogP contribution is 2.12. The third-order valence-electron chi connectivity index (χ3n) is 3.45. The molecule has 1 aliphatic rings. The highest BCUT2D eigenvalue weighted by atomic mass is 16.5. The maximum absolute atomic E-state index is 12.0. The zero-order valence-electron chi connectivity index (χ0n) is 11.7. The fourth-order valence-electron chi connectivity index (χ4n) is 2.31. The summed E-state index contributed by atoms with van der Waals surface area (Å²) in [7, 11) is 0. The molecule has 1 aliphatic heterocycles. The molecule has 19 heavy (non-hydrogen) atoms. The monoisotopic (exact) mass is 267 g/mol. The topological polar surface area (TPSA) is 76.4 Å². The van der Waals surface area contributed by atoms with Crippen LogP contribution in [0, 0.1) is 13.8 Å². The zero-order chi connectivity index (χ0) is 13.8. The molecule has 6 nitrogen and oxygen atoms in total. The van der Waals surface area contributed by atoms with E-state index in [0.717, 1.165) is 23.4 Å². The second-order valence-electron chi connectivity index (χ2n) is 4.85. The van der Waals surface area contributed by atoms with E-state index in [1.807, 2.05) is 20.8 Å². The lowest BCUT2D eigenvalue weighted by atomic mass is 10.1. The van der Waals surface area contributed by atoms with Crippen LogP contribution in [0.3, 0.4) is 0 Å². The number of nitrogens with zero attached hydrogens (tertiary/aromatic N) is 1. The summed E-state index contributed by atoms with van der Waals surface area (Å²) in [6.45, 7) is 7.65. The molecule has 0 unspecified atom stereocenters. The van der Waals surface area contributed by atoms with Crippen LogP contribution in [0.15, 0.2) is 4.52 Å². The second-order valence-corrected chi connectivity index (χ2v) is 4.85. The second kappa shape index (κ2) is 6.16. The number of amides is 1. The SMILES string of the molecule is Cc1noc(C)c1CCNC(=O)[C@H]1NCCO[C@@H]1C. The first-order chi connectivity index (χ1) is 9.09. The van der Waals surface area contributed by atoms with Crippen LogP contribution in [-0.4, -0.2) is 42.9 Å². The minimum atomic E-state index is -0.265. The van der Waals surface area contributed by atoms with E-state index in [9.17, 15) is 4.79 Å². The predicted octanol–water partition coefficient (Wildman–Crippen LogP) is 0.327. The number of aryl methyl sites for hydroxylation is 2. The summed E-state index contributed by atoms with van der Waals surface area (Å²) < 4.78 is 10.5. The van der Waals surface area contributed by atoms with Crippen molar-refractivity contribution in [2.24, 2.45) is 0 Å². The van der Waals surface area contributed by atoms with Crippen LogP contribution >= 0.6 is 0 Å². The number of hydrogen-bond donors (Lipinski definition) is 2. The van der Waals surface area contributed by atoms with Crippen molar-refractivity contribution < 1.29 is 14.1 Å². The lowest BCUT2D eigenvalue weighted by Gasteiger charge is -2.29. The van der Waals surface area contributed by atoms with E-state index in [-0.39, 0.29) is 18.1 Å². The van der Waals surface area contributed by atoms with Gasteiger partial charge in [0.2, 0.25) is 5.91 Å². The van der Waals surface area contributed by atoms with E-state index in [4.69, 9.17) is 9.26 Å². The molecule has 1 aromatic heterocycles. The molecule has 2 N–H and O–H groups in total. The van der Waals surface area contributed by atoms with Gasteiger partial charge < -0.3 is 19.9 Å². The molecule has 0 aromatic carbocycles. The number of carbonyl (C=O) groups is 1. The molecule has 2 rings (SSSR count). The first-order valence-electron chi connectivity index (χ1n) is 6.64. The molecule has 1 amide bonds. The molecule has 2 atom stereocenters. The minimum absolute atomic E-state index is 0.0149. The summed E-state index contributed by atoms with van der Waals surface area (Å²) in [5.41, 5.74) is 1.96. The van der Waals surface area contributed by atoms with Gasteiger partial charge in [-0.3, -0.25) is 4.79 Å². The molecule has 0 radical (unpaired) electrons. The van der Waals surface area contributed by atoms with Gasteiger partial charge in [0, 0.05) is 18.7 Å². The van der Waals surface area contributed by atoms with Crippen LogP contribution in [-0.2, 0) is 16.0 Å². The Bertz CT molecular complexity index is 425. The van der Waals surface area contributed by atoms with Gasteiger partial charge in [0.15, 0.2) is 0 Å². The molecule has 0 spiro atoms. The van der Waals surface area contributed by atoms with Crippen molar-refractivity contribution in [1.29, 1.82) is 0 Å². The number of hydrogen-bond acceptors (Lipinski definition) is 5. The Labute approximate surface area is 112 Å². The average Bonchev–Trinajstić information content (AvgIpc) is 2.70. The van der Waals surface area contributed by atoms with Crippen LogP contribution in [0.1, 0.15) is 23.9 Å². The molecule has 1 aromatic rings. The average molecular weight is 267 g/mol. The molecule has 0 bridgehead atoms. The lowest BCUT2D eigenvalue weighted by Crippen LogP contribution is -2.55. The smallest absolute Gasteiger partial charge is 0.239 e. The Morgan fingerprint density at radius 1 is 1.53 bits per heavy atom.